The molecule has 4 rings (SSSR count). The highest BCUT2D eigenvalue weighted by molar-refractivity contribution is 7.89. The molecular weight excluding hydrogens is 460 g/mol. The highest BCUT2D eigenvalue weighted by atomic mass is 32.2. The molecule has 2 aromatic heterocycles. The number of thiophene rings is 1. The standard InChI is InChI=1S/C23H22N4O4S2/c1-15-9-10-17(33(30,31)26(2)3)11-19(15)25-21(28)13-27-14-24-22-18(23(27)29)12-20(32-22)16-7-5-4-6-8-16/h4-12,14H,13H2,1-3H3,(H,25,28). The van der Waals surface area contributed by atoms with E-state index >= 15 is 0 Å². The number of anilines is 1. The van der Waals surface area contributed by atoms with E-state index in [0.717, 1.165) is 14.7 Å². The minimum absolute atomic E-state index is 0.0698. The summed E-state index contributed by atoms with van der Waals surface area (Å²) in [5.41, 5.74) is 1.75. The number of benzene rings is 2. The van der Waals surface area contributed by atoms with Gasteiger partial charge in [-0.25, -0.2) is 17.7 Å². The summed E-state index contributed by atoms with van der Waals surface area (Å²) >= 11 is 1.42. The van der Waals surface area contributed by atoms with E-state index in [1.165, 1.54) is 48.5 Å². The van der Waals surface area contributed by atoms with Crippen molar-refractivity contribution in [3.8, 4) is 10.4 Å². The van der Waals surface area contributed by atoms with Crippen LogP contribution in [0.5, 0.6) is 0 Å². The molecule has 10 heteroatoms. The van der Waals surface area contributed by atoms with Crippen molar-refractivity contribution in [2.45, 2.75) is 18.4 Å². The van der Waals surface area contributed by atoms with Crippen molar-refractivity contribution in [2.75, 3.05) is 19.4 Å². The third kappa shape index (κ3) is 4.58. The number of nitrogens with one attached hydrogen (secondary N) is 1. The Balaban J connectivity index is 1.59. The van der Waals surface area contributed by atoms with Crippen LogP contribution in [-0.4, -0.2) is 42.3 Å². The van der Waals surface area contributed by atoms with Crippen LogP contribution in [-0.2, 0) is 21.4 Å². The molecule has 0 aliphatic heterocycles. The predicted molar refractivity (Wildman–Crippen MR) is 130 cm³/mol. The summed E-state index contributed by atoms with van der Waals surface area (Å²) < 4.78 is 27.2. The van der Waals surface area contributed by atoms with E-state index in [9.17, 15) is 18.0 Å². The Hall–Kier alpha value is -3.34. The molecule has 0 fully saturated rings. The van der Waals surface area contributed by atoms with E-state index in [4.69, 9.17) is 0 Å². The first kappa shape index (κ1) is 22.8. The van der Waals surface area contributed by atoms with Crippen LogP contribution in [0.1, 0.15) is 5.56 Å². The van der Waals surface area contributed by atoms with Crippen LogP contribution in [0.25, 0.3) is 20.7 Å². The van der Waals surface area contributed by atoms with E-state index in [0.29, 0.717) is 21.5 Å². The van der Waals surface area contributed by atoms with Gasteiger partial charge in [0.1, 0.15) is 11.4 Å². The second-order valence-electron chi connectivity index (χ2n) is 7.69. The maximum atomic E-state index is 13.0. The maximum absolute atomic E-state index is 13.0. The van der Waals surface area contributed by atoms with Gasteiger partial charge >= 0.3 is 0 Å². The molecule has 2 heterocycles. The predicted octanol–water partition coefficient (Wildman–Crippen LogP) is 3.32. The van der Waals surface area contributed by atoms with Crippen LogP contribution in [0.3, 0.4) is 0 Å². The molecule has 0 saturated carbocycles. The summed E-state index contributed by atoms with van der Waals surface area (Å²) in [4.78, 5) is 31.6. The lowest BCUT2D eigenvalue weighted by molar-refractivity contribution is -0.116. The van der Waals surface area contributed by atoms with Gasteiger partial charge in [0.2, 0.25) is 15.9 Å². The van der Waals surface area contributed by atoms with Crippen molar-refractivity contribution in [1.29, 1.82) is 0 Å². The molecule has 0 saturated heterocycles. The molecule has 0 radical (unpaired) electrons. The van der Waals surface area contributed by atoms with Gasteiger partial charge in [0.05, 0.1) is 16.6 Å². The molecule has 1 N–H and O–H groups in total. The molecule has 33 heavy (non-hydrogen) atoms. The van der Waals surface area contributed by atoms with Gasteiger partial charge in [-0.15, -0.1) is 11.3 Å². The Kier molecular flexibility index (Phi) is 6.15. The summed E-state index contributed by atoms with van der Waals surface area (Å²) in [7, 11) is -0.762. The number of carbonyl (C=O) groups excluding carboxylic acids is 1. The van der Waals surface area contributed by atoms with E-state index in [2.05, 4.69) is 10.3 Å². The zero-order chi connectivity index (χ0) is 23.8. The van der Waals surface area contributed by atoms with Crippen LogP contribution in [0.15, 0.2) is 70.6 Å². The minimum atomic E-state index is -3.64. The molecule has 0 unspecified atom stereocenters. The molecule has 8 nitrogen and oxygen atoms in total. The average molecular weight is 483 g/mol. The number of sulfonamides is 1. The van der Waals surface area contributed by atoms with Crippen LogP contribution in [0.4, 0.5) is 5.69 Å². The lowest BCUT2D eigenvalue weighted by Crippen LogP contribution is -2.28. The van der Waals surface area contributed by atoms with Gasteiger partial charge in [0, 0.05) is 24.7 Å². The van der Waals surface area contributed by atoms with Gasteiger partial charge in [-0.2, -0.15) is 0 Å². The fraction of sp³-hybridized carbons (Fsp3) is 0.174. The second-order valence-corrected chi connectivity index (χ2v) is 10.9. The Morgan fingerprint density at radius 1 is 1.12 bits per heavy atom. The highest BCUT2D eigenvalue weighted by Crippen LogP contribution is 2.30. The fourth-order valence-corrected chi connectivity index (χ4v) is 5.19. The monoisotopic (exact) mass is 482 g/mol. The molecule has 2 aromatic carbocycles. The SMILES string of the molecule is Cc1ccc(S(=O)(=O)N(C)C)cc1NC(=O)Cn1cnc2sc(-c3ccccc3)cc2c1=O. The van der Waals surface area contributed by atoms with Crippen molar-refractivity contribution in [3.05, 3.63) is 76.8 Å². The van der Waals surface area contributed by atoms with Gasteiger partial charge in [-0.05, 0) is 36.2 Å². The Labute approximate surface area is 195 Å². The molecule has 0 atom stereocenters. The number of carbonyl (C=O) groups is 1. The largest absolute Gasteiger partial charge is 0.324 e. The number of hydrogen-bond acceptors (Lipinski definition) is 6. The molecule has 170 valence electrons. The van der Waals surface area contributed by atoms with Crippen LogP contribution in [0, 0.1) is 6.92 Å². The summed E-state index contributed by atoms with van der Waals surface area (Å²) in [6.07, 6.45) is 1.36. The van der Waals surface area contributed by atoms with E-state index in [1.54, 1.807) is 19.1 Å². The second kappa shape index (κ2) is 8.89. The molecule has 1 amide bonds. The lowest BCUT2D eigenvalue weighted by Gasteiger charge is -2.14. The van der Waals surface area contributed by atoms with E-state index in [-0.39, 0.29) is 17.0 Å². The van der Waals surface area contributed by atoms with Crippen LogP contribution in [0.2, 0.25) is 0 Å². The number of rotatable bonds is 6. The third-order valence-corrected chi connectivity index (χ3v) is 8.06. The first-order valence-electron chi connectivity index (χ1n) is 10.0. The van der Waals surface area contributed by atoms with Crippen molar-refractivity contribution in [2.24, 2.45) is 0 Å². The van der Waals surface area contributed by atoms with Crippen molar-refractivity contribution in [1.82, 2.24) is 13.9 Å². The van der Waals surface area contributed by atoms with Crippen molar-refractivity contribution >= 4 is 43.2 Å². The van der Waals surface area contributed by atoms with E-state index in [1.807, 2.05) is 30.3 Å². The number of fused-ring (bicyclic) bond motifs is 1. The summed E-state index contributed by atoms with van der Waals surface area (Å²) in [6, 6.07) is 16.0. The highest BCUT2D eigenvalue weighted by Gasteiger charge is 2.19. The van der Waals surface area contributed by atoms with Crippen molar-refractivity contribution in [3.63, 3.8) is 0 Å². The van der Waals surface area contributed by atoms with Gasteiger partial charge in [0.25, 0.3) is 5.56 Å². The summed E-state index contributed by atoms with van der Waals surface area (Å²) in [5.74, 6) is -0.459. The minimum Gasteiger partial charge on any atom is -0.324 e. The summed E-state index contributed by atoms with van der Waals surface area (Å²) in [6.45, 7) is 1.51. The van der Waals surface area contributed by atoms with Gasteiger partial charge < -0.3 is 5.32 Å². The molecule has 0 aliphatic rings. The first-order chi connectivity index (χ1) is 15.7. The number of amides is 1. The average Bonchev–Trinajstić information content (AvgIpc) is 3.23. The van der Waals surface area contributed by atoms with Crippen molar-refractivity contribution < 1.29 is 13.2 Å². The van der Waals surface area contributed by atoms with Gasteiger partial charge in [0.15, 0.2) is 0 Å². The molecule has 0 aliphatic carbocycles. The fourth-order valence-electron chi connectivity index (χ4n) is 3.27. The quantitative estimate of drug-likeness (QED) is 0.454. The number of aryl methyl sites for hydroxylation is 1. The molecule has 4 aromatic rings. The maximum Gasteiger partial charge on any atom is 0.262 e. The molecule has 0 spiro atoms. The Bertz CT molecular complexity index is 1510. The Morgan fingerprint density at radius 3 is 2.55 bits per heavy atom. The normalized spacial score (nSPS) is 11.8. The zero-order valence-electron chi connectivity index (χ0n) is 18.3. The van der Waals surface area contributed by atoms with E-state index < -0.39 is 15.9 Å². The Morgan fingerprint density at radius 2 is 1.85 bits per heavy atom. The number of nitrogens with zero attached hydrogens (tertiary/aromatic N) is 3. The number of aromatic nitrogens is 2. The lowest BCUT2D eigenvalue weighted by atomic mass is 10.2. The van der Waals surface area contributed by atoms with Gasteiger partial charge in [-0.1, -0.05) is 36.4 Å². The van der Waals surface area contributed by atoms with Crippen LogP contribution < -0.4 is 10.9 Å². The first-order valence-corrected chi connectivity index (χ1v) is 12.3. The molecular formula is C23H22N4O4S2. The smallest absolute Gasteiger partial charge is 0.262 e. The van der Waals surface area contributed by atoms with Gasteiger partial charge in [-0.3, -0.25) is 14.2 Å². The molecule has 0 bridgehead atoms. The topological polar surface area (TPSA) is 101 Å². The number of hydrogen-bond donors (Lipinski definition) is 1. The zero-order valence-corrected chi connectivity index (χ0v) is 19.9. The van der Waals surface area contributed by atoms with Crippen LogP contribution >= 0.6 is 11.3 Å². The summed E-state index contributed by atoms with van der Waals surface area (Å²) in [5, 5.41) is 3.16. The third-order valence-electron chi connectivity index (χ3n) is 5.15.